The van der Waals surface area contributed by atoms with Gasteiger partial charge in [0, 0.05) is 12.4 Å². The van der Waals surface area contributed by atoms with Gasteiger partial charge in [-0.2, -0.15) is 0 Å². The molecular formula is C11H20ClN. The van der Waals surface area contributed by atoms with Gasteiger partial charge in [0.15, 0.2) is 0 Å². The van der Waals surface area contributed by atoms with E-state index in [1.807, 2.05) is 0 Å². The summed E-state index contributed by atoms with van der Waals surface area (Å²) in [4.78, 5) is 2.52. The van der Waals surface area contributed by atoms with E-state index in [0.717, 1.165) is 18.3 Å². The smallest absolute Gasteiger partial charge is 0.0252 e. The first kappa shape index (κ1) is 11.1. The van der Waals surface area contributed by atoms with Gasteiger partial charge in [-0.3, -0.25) is 4.90 Å². The predicted octanol–water partition coefficient (Wildman–Crippen LogP) is 2.90. The second kappa shape index (κ2) is 6.44. The molecule has 1 aliphatic heterocycles. The lowest BCUT2D eigenvalue weighted by Gasteiger charge is -2.17. The molecule has 1 heterocycles. The van der Waals surface area contributed by atoms with Crippen LogP contribution in [0.25, 0.3) is 0 Å². The topological polar surface area (TPSA) is 3.24 Å². The molecule has 0 N–H and O–H groups in total. The van der Waals surface area contributed by atoms with Crippen LogP contribution in [0.2, 0.25) is 0 Å². The van der Waals surface area contributed by atoms with E-state index in [2.05, 4.69) is 24.0 Å². The molecule has 76 valence electrons. The molecule has 0 aliphatic carbocycles. The molecule has 0 amide bonds. The summed E-state index contributed by atoms with van der Waals surface area (Å²) in [5, 5.41) is 0. The van der Waals surface area contributed by atoms with Crippen LogP contribution in [0.4, 0.5) is 0 Å². The lowest BCUT2D eigenvalue weighted by molar-refractivity contribution is 0.312. The molecule has 1 aliphatic rings. The molecule has 0 bridgehead atoms. The number of likely N-dealkylation sites (tertiary alicyclic amines) is 1. The van der Waals surface area contributed by atoms with Gasteiger partial charge in [0.1, 0.15) is 0 Å². The first-order valence-corrected chi connectivity index (χ1v) is 5.79. The monoisotopic (exact) mass is 201 g/mol. The molecule has 0 radical (unpaired) electrons. The Bertz CT molecular complexity index is 156. The number of nitrogens with zero attached hydrogens (tertiary/aromatic N) is 1. The first-order valence-electron chi connectivity index (χ1n) is 5.26. The molecular weight excluding hydrogens is 182 g/mol. The second-order valence-electron chi connectivity index (χ2n) is 3.82. The van der Waals surface area contributed by atoms with Gasteiger partial charge < -0.3 is 0 Å². The molecule has 2 heteroatoms. The largest absolute Gasteiger partial charge is 0.300 e. The van der Waals surface area contributed by atoms with Crippen molar-refractivity contribution in [3.8, 4) is 0 Å². The summed E-state index contributed by atoms with van der Waals surface area (Å²) >= 11 is 5.87. The van der Waals surface area contributed by atoms with E-state index < -0.39 is 0 Å². The van der Waals surface area contributed by atoms with E-state index in [1.165, 1.54) is 32.4 Å². The third-order valence-electron chi connectivity index (χ3n) is 2.76. The minimum absolute atomic E-state index is 0.761. The number of rotatable bonds is 3. The van der Waals surface area contributed by atoms with Crippen molar-refractivity contribution in [2.24, 2.45) is 5.92 Å². The molecule has 0 saturated carbocycles. The molecule has 0 aromatic carbocycles. The van der Waals surface area contributed by atoms with Crippen molar-refractivity contribution in [2.45, 2.75) is 26.2 Å². The lowest BCUT2D eigenvalue weighted by Crippen LogP contribution is -2.24. The second-order valence-corrected chi connectivity index (χ2v) is 4.13. The van der Waals surface area contributed by atoms with Crippen molar-refractivity contribution in [3.05, 3.63) is 12.2 Å². The van der Waals surface area contributed by atoms with Crippen LogP contribution >= 0.6 is 11.6 Å². The van der Waals surface area contributed by atoms with Gasteiger partial charge in [-0.25, -0.2) is 0 Å². The quantitative estimate of drug-likeness (QED) is 0.502. The highest BCUT2D eigenvalue weighted by Crippen LogP contribution is 2.18. The minimum Gasteiger partial charge on any atom is -0.300 e. The van der Waals surface area contributed by atoms with Crippen LogP contribution < -0.4 is 0 Å². The Balaban J connectivity index is 2.27. The van der Waals surface area contributed by atoms with Gasteiger partial charge in [0.05, 0.1) is 0 Å². The van der Waals surface area contributed by atoms with E-state index in [-0.39, 0.29) is 0 Å². The Kier molecular flexibility index (Phi) is 5.49. The van der Waals surface area contributed by atoms with Gasteiger partial charge in [-0.1, -0.05) is 12.2 Å². The zero-order valence-electron chi connectivity index (χ0n) is 8.51. The zero-order chi connectivity index (χ0) is 9.52. The average molecular weight is 202 g/mol. The highest BCUT2D eigenvalue weighted by Gasteiger charge is 2.14. The number of allylic oxidation sites excluding steroid dienone is 1. The highest BCUT2D eigenvalue weighted by molar-refractivity contribution is 6.18. The molecule has 1 unspecified atom stereocenters. The maximum absolute atomic E-state index is 5.87. The Morgan fingerprint density at radius 1 is 1.38 bits per heavy atom. The summed E-state index contributed by atoms with van der Waals surface area (Å²) in [5.74, 6) is 1.61. The average Bonchev–Trinajstić information content (AvgIpc) is 2.39. The Labute approximate surface area is 86.8 Å². The maximum atomic E-state index is 5.87. The third-order valence-corrected chi connectivity index (χ3v) is 3.19. The Morgan fingerprint density at radius 2 is 2.23 bits per heavy atom. The van der Waals surface area contributed by atoms with Crippen LogP contribution in [0.15, 0.2) is 12.2 Å². The summed E-state index contributed by atoms with van der Waals surface area (Å²) < 4.78 is 0. The van der Waals surface area contributed by atoms with E-state index in [4.69, 9.17) is 11.6 Å². The van der Waals surface area contributed by atoms with E-state index in [0.29, 0.717) is 0 Å². The fourth-order valence-electron chi connectivity index (χ4n) is 1.82. The van der Waals surface area contributed by atoms with Crippen molar-refractivity contribution in [2.75, 3.05) is 25.5 Å². The van der Waals surface area contributed by atoms with Gasteiger partial charge in [0.25, 0.3) is 0 Å². The van der Waals surface area contributed by atoms with Gasteiger partial charge in [-0.15, -0.1) is 11.6 Å². The SMILES string of the molecule is C/C=C/CN1CCCC(CCl)CC1. The minimum atomic E-state index is 0.761. The molecule has 1 rings (SSSR count). The predicted molar refractivity (Wildman–Crippen MR) is 59.3 cm³/mol. The maximum Gasteiger partial charge on any atom is 0.0252 e. The fourth-order valence-corrected chi connectivity index (χ4v) is 2.12. The number of hydrogen-bond donors (Lipinski definition) is 0. The first-order chi connectivity index (χ1) is 6.36. The van der Waals surface area contributed by atoms with Gasteiger partial charge in [0.2, 0.25) is 0 Å². The molecule has 1 nitrogen and oxygen atoms in total. The van der Waals surface area contributed by atoms with E-state index >= 15 is 0 Å². The Morgan fingerprint density at radius 3 is 2.92 bits per heavy atom. The number of alkyl halides is 1. The Hall–Kier alpha value is -0.0100. The van der Waals surface area contributed by atoms with Crippen molar-refractivity contribution >= 4 is 11.6 Å². The molecule has 1 fully saturated rings. The molecule has 13 heavy (non-hydrogen) atoms. The van der Waals surface area contributed by atoms with Crippen LogP contribution in [-0.2, 0) is 0 Å². The van der Waals surface area contributed by atoms with Crippen LogP contribution in [-0.4, -0.2) is 30.4 Å². The van der Waals surface area contributed by atoms with Gasteiger partial charge >= 0.3 is 0 Å². The normalized spacial score (nSPS) is 26.5. The van der Waals surface area contributed by atoms with Crippen molar-refractivity contribution in [3.63, 3.8) is 0 Å². The molecule has 0 aromatic rings. The van der Waals surface area contributed by atoms with E-state index in [9.17, 15) is 0 Å². The summed E-state index contributed by atoms with van der Waals surface area (Å²) in [6.45, 7) is 5.67. The zero-order valence-corrected chi connectivity index (χ0v) is 9.26. The molecule has 1 saturated heterocycles. The summed E-state index contributed by atoms with van der Waals surface area (Å²) in [6.07, 6.45) is 8.27. The molecule has 1 atom stereocenters. The van der Waals surface area contributed by atoms with Crippen LogP contribution in [0.5, 0.6) is 0 Å². The molecule has 0 aromatic heterocycles. The summed E-state index contributed by atoms with van der Waals surface area (Å²) in [6, 6.07) is 0. The number of hydrogen-bond acceptors (Lipinski definition) is 1. The van der Waals surface area contributed by atoms with Crippen molar-refractivity contribution in [1.82, 2.24) is 4.90 Å². The van der Waals surface area contributed by atoms with Gasteiger partial charge in [-0.05, 0) is 45.2 Å². The number of halogens is 1. The van der Waals surface area contributed by atoms with E-state index in [1.54, 1.807) is 0 Å². The standard InChI is InChI=1S/C11H20ClN/c1-2-3-7-13-8-4-5-11(10-12)6-9-13/h2-3,11H,4-10H2,1H3/b3-2+. The lowest BCUT2D eigenvalue weighted by atomic mass is 10.0. The highest BCUT2D eigenvalue weighted by atomic mass is 35.5. The van der Waals surface area contributed by atoms with Crippen LogP contribution in [0.1, 0.15) is 26.2 Å². The van der Waals surface area contributed by atoms with Crippen molar-refractivity contribution < 1.29 is 0 Å². The summed E-state index contributed by atoms with van der Waals surface area (Å²) in [7, 11) is 0. The summed E-state index contributed by atoms with van der Waals surface area (Å²) in [5.41, 5.74) is 0. The van der Waals surface area contributed by atoms with Crippen LogP contribution in [0.3, 0.4) is 0 Å². The van der Waals surface area contributed by atoms with Crippen LogP contribution in [0, 0.1) is 5.92 Å². The molecule has 0 spiro atoms. The third kappa shape index (κ3) is 4.15. The fraction of sp³-hybridized carbons (Fsp3) is 0.818. The van der Waals surface area contributed by atoms with Crippen molar-refractivity contribution in [1.29, 1.82) is 0 Å².